The number of methoxy groups -OCH3 is 1. The van der Waals surface area contributed by atoms with Gasteiger partial charge >= 0.3 is 0 Å². The molecule has 5 heteroatoms. The largest absolute Gasteiger partial charge is 0.493 e. The van der Waals surface area contributed by atoms with Crippen molar-refractivity contribution in [3.8, 4) is 11.5 Å². The first kappa shape index (κ1) is 21.2. The number of nitrogens with zero attached hydrogens (tertiary/aromatic N) is 1. The number of hydrogen-bond donors (Lipinski definition) is 1. The average Bonchev–Trinajstić information content (AvgIpc) is 2.77. The number of ether oxygens (including phenoxy) is 2. The second-order valence-electron chi connectivity index (χ2n) is 7.66. The lowest BCUT2D eigenvalue weighted by Crippen LogP contribution is -2.41. The Morgan fingerprint density at radius 1 is 1.10 bits per heavy atom. The van der Waals surface area contributed by atoms with Crippen molar-refractivity contribution in [2.24, 2.45) is 5.92 Å². The second kappa shape index (κ2) is 10.9. The minimum atomic E-state index is -0.0943. The highest BCUT2D eigenvalue weighted by molar-refractivity contribution is 5.77. The molecule has 0 spiro atoms. The summed E-state index contributed by atoms with van der Waals surface area (Å²) in [5, 5.41) is 3.03. The van der Waals surface area contributed by atoms with Gasteiger partial charge in [-0.05, 0) is 55.0 Å². The fourth-order valence-corrected chi connectivity index (χ4v) is 3.79. The Morgan fingerprint density at radius 3 is 2.55 bits per heavy atom. The molecule has 0 bridgehead atoms. The quantitative estimate of drug-likeness (QED) is 0.703. The molecule has 2 aromatic carbocycles. The lowest BCUT2D eigenvalue weighted by molar-refractivity contribution is -0.123. The van der Waals surface area contributed by atoms with Crippen molar-refractivity contribution < 1.29 is 14.3 Å². The van der Waals surface area contributed by atoms with Gasteiger partial charge in [0.2, 0.25) is 0 Å². The molecule has 29 heavy (non-hydrogen) atoms. The van der Waals surface area contributed by atoms with Gasteiger partial charge in [-0.15, -0.1) is 0 Å². The van der Waals surface area contributed by atoms with E-state index < -0.39 is 0 Å². The first-order chi connectivity index (χ1) is 14.2. The van der Waals surface area contributed by atoms with Crippen LogP contribution in [-0.4, -0.2) is 44.2 Å². The van der Waals surface area contributed by atoms with Crippen LogP contribution in [0.5, 0.6) is 11.5 Å². The van der Waals surface area contributed by atoms with Gasteiger partial charge in [-0.2, -0.15) is 0 Å². The van der Waals surface area contributed by atoms with Crippen molar-refractivity contribution in [3.05, 3.63) is 59.7 Å². The molecule has 156 valence electrons. The summed E-state index contributed by atoms with van der Waals surface area (Å²) in [4.78, 5) is 14.7. The average molecular weight is 397 g/mol. The molecule has 5 nitrogen and oxygen atoms in total. The van der Waals surface area contributed by atoms with E-state index in [-0.39, 0.29) is 12.5 Å². The standard InChI is InChI=1S/C24H32N2O3/c1-3-19-10-12-20(13-11-19)16-26-14-6-7-21(17-26)15-25-24(27)18-29-23-9-5-4-8-22(23)28-2/h4-5,8-13,21H,3,6-7,14-18H2,1-2H3,(H,25,27)/t21-/m0/s1. The number of para-hydroxylation sites is 2. The van der Waals surface area contributed by atoms with Crippen molar-refractivity contribution in [2.75, 3.05) is 33.4 Å². The van der Waals surface area contributed by atoms with Crippen LogP contribution in [0.3, 0.4) is 0 Å². The molecule has 0 radical (unpaired) electrons. The maximum Gasteiger partial charge on any atom is 0.257 e. The normalized spacial score (nSPS) is 17.0. The second-order valence-corrected chi connectivity index (χ2v) is 7.66. The fraction of sp³-hybridized carbons (Fsp3) is 0.458. The molecule has 0 unspecified atom stereocenters. The van der Waals surface area contributed by atoms with Crippen molar-refractivity contribution in [1.82, 2.24) is 10.2 Å². The Bertz CT molecular complexity index is 776. The van der Waals surface area contributed by atoms with Gasteiger partial charge in [0.15, 0.2) is 18.1 Å². The van der Waals surface area contributed by atoms with Crippen molar-refractivity contribution in [3.63, 3.8) is 0 Å². The summed E-state index contributed by atoms with van der Waals surface area (Å²) in [7, 11) is 1.59. The molecule has 1 saturated heterocycles. The monoisotopic (exact) mass is 396 g/mol. The summed E-state index contributed by atoms with van der Waals surface area (Å²) in [6, 6.07) is 16.3. The molecule has 0 aromatic heterocycles. The summed E-state index contributed by atoms with van der Waals surface area (Å²) in [5.41, 5.74) is 2.74. The Kier molecular flexibility index (Phi) is 7.94. The number of amides is 1. The van der Waals surface area contributed by atoms with Gasteiger partial charge < -0.3 is 14.8 Å². The highest BCUT2D eigenvalue weighted by atomic mass is 16.5. The van der Waals surface area contributed by atoms with Crippen molar-refractivity contribution in [1.29, 1.82) is 0 Å². The summed E-state index contributed by atoms with van der Waals surface area (Å²) >= 11 is 0. The van der Waals surface area contributed by atoms with Crippen LogP contribution in [0.2, 0.25) is 0 Å². The van der Waals surface area contributed by atoms with E-state index in [1.165, 1.54) is 17.5 Å². The van der Waals surface area contributed by atoms with Gasteiger partial charge in [-0.3, -0.25) is 9.69 Å². The number of carbonyl (C=O) groups is 1. The molecule has 2 aromatic rings. The highest BCUT2D eigenvalue weighted by Gasteiger charge is 2.20. The molecule has 1 heterocycles. The molecule has 1 fully saturated rings. The summed E-state index contributed by atoms with van der Waals surface area (Å²) < 4.78 is 10.8. The van der Waals surface area contributed by atoms with E-state index >= 15 is 0 Å². The number of likely N-dealkylation sites (tertiary alicyclic amines) is 1. The summed E-state index contributed by atoms with van der Waals surface area (Å²) in [6.07, 6.45) is 3.40. The number of carbonyl (C=O) groups excluding carboxylic acids is 1. The lowest BCUT2D eigenvalue weighted by atomic mass is 9.97. The van der Waals surface area contributed by atoms with E-state index in [9.17, 15) is 4.79 Å². The van der Waals surface area contributed by atoms with Crippen LogP contribution < -0.4 is 14.8 Å². The van der Waals surface area contributed by atoms with E-state index in [2.05, 4.69) is 41.4 Å². The SMILES string of the molecule is CCc1ccc(CN2CCC[C@@H](CNC(=O)COc3ccccc3OC)C2)cc1. The first-order valence-corrected chi connectivity index (χ1v) is 10.5. The van der Waals surface area contributed by atoms with Gasteiger partial charge in [0.1, 0.15) is 0 Å². The zero-order valence-corrected chi connectivity index (χ0v) is 17.5. The van der Waals surface area contributed by atoms with E-state index in [0.29, 0.717) is 24.0 Å². The van der Waals surface area contributed by atoms with Crippen LogP contribution in [0.1, 0.15) is 30.9 Å². The summed E-state index contributed by atoms with van der Waals surface area (Å²) in [6.45, 7) is 5.99. The zero-order valence-electron chi connectivity index (χ0n) is 17.5. The zero-order chi connectivity index (χ0) is 20.5. The lowest BCUT2D eigenvalue weighted by Gasteiger charge is -2.32. The Balaban J connectivity index is 1.41. The van der Waals surface area contributed by atoms with Gasteiger partial charge in [0.25, 0.3) is 5.91 Å². The highest BCUT2D eigenvalue weighted by Crippen LogP contribution is 2.25. The third kappa shape index (κ3) is 6.50. The van der Waals surface area contributed by atoms with Gasteiger partial charge in [-0.25, -0.2) is 0 Å². The van der Waals surface area contributed by atoms with E-state index in [1.54, 1.807) is 13.2 Å². The summed E-state index contributed by atoms with van der Waals surface area (Å²) in [5.74, 6) is 1.61. The number of hydrogen-bond acceptors (Lipinski definition) is 4. The van der Waals surface area contributed by atoms with E-state index in [1.807, 2.05) is 18.2 Å². The molecule has 1 N–H and O–H groups in total. The van der Waals surface area contributed by atoms with Gasteiger partial charge in [-0.1, -0.05) is 43.3 Å². The third-order valence-corrected chi connectivity index (χ3v) is 5.46. The van der Waals surface area contributed by atoms with Crippen LogP contribution in [0.25, 0.3) is 0 Å². The molecule has 3 rings (SSSR count). The number of rotatable bonds is 9. The maximum absolute atomic E-state index is 12.2. The Hall–Kier alpha value is -2.53. The predicted molar refractivity (Wildman–Crippen MR) is 115 cm³/mol. The molecule has 0 aliphatic carbocycles. The molecule has 1 aliphatic heterocycles. The molecule has 1 amide bonds. The molecule has 0 saturated carbocycles. The number of benzene rings is 2. The Labute approximate surface area is 174 Å². The van der Waals surface area contributed by atoms with Crippen molar-refractivity contribution in [2.45, 2.75) is 32.7 Å². The van der Waals surface area contributed by atoms with Gasteiger partial charge in [0.05, 0.1) is 7.11 Å². The number of aryl methyl sites for hydroxylation is 1. The van der Waals surface area contributed by atoms with E-state index in [4.69, 9.17) is 9.47 Å². The topological polar surface area (TPSA) is 50.8 Å². The van der Waals surface area contributed by atoms with Crippen LogP contribution in [-0.2, 0) is 17.8 Å². The van der Waals surface area contributed by atoms with Crippen LogP contribution in [0.4, 0.5) is 0 Å². The predicted octanol–water partition coefficient (Wildman–Crippen LogP) is 3.66. The van der Waals surface area contributed by atoms with Gasteiger partial charge in [0, 0.05) is 19.6 Å². The first-order valence-electron chi connectivity index (χ1n) is 10.5. The maximum atomic E-state index is 12.2. The molecular weight excluding hydrogens is 364 g/mol. The van der Waals surface area contributed by atoms with E-state index in [0.717, 1.165) is 32.5 Å². The van der Waals surface area contributed by atoms with Crippen LogP contribution >= 0.6 is 0 Å². The smallest absolute Gasteiger partial charge is 0.257 e. The fourth-order valence-electron chi connectivity index (χ4n) is 3.79. The minimum Gasteiger partial charge on any atom is -0.493 e. The van der Waals surface area contributed by atoms with Crippen molar-refractivity contribution >= 4 is 5.91 Å². The van der Waals surface area contributed by atoms with Crippen LogP contribution in [0, 0.1) is 5.92 Å². The molecular formula is C24H32N2O3. The molecule has 1 aliphatic rings. The minimum absolute atomic E-state index is 0.000580. The Morgan fingerprint density at radius 2 is 1.83 bits per heavy atom. The van der Waals surface area contributed by atoms with Crippen LogP contribution in [0.15, 0.2) is 48.5 Å². The third-order valence-electron chi connectivity index (χ3n) is 5.46. The number of nitrogens with one attached hydrogen (secondary N) is 1. The molecule has 1 atom stereocenters. The number of piperidine rings is 1.